The minimum absolute atomic E-state index is 0.0432. The van der Waals surface area contributed by atoms with Crippen LogP contribution in [0.2, 0.25) is 0 Å². The number of rotatable bonds is 5. The normalized spacial score (nSPS) is 19.2. The van der Waals surface area contributed by atoms with Crippen molar-refractivity contribution in [3.63, 3.8) is 0 Å². The number of benzene rings is 2. The van der Waals surface area contributed by atoms with Crippen LogP contribution in [0.3, 0.4) is 0 Å². The van der Waals surface area contributed by atoms with Crippen LogP contribution in [0.5, 0.6) is 11.5 Å². The predicted molar refractivity (Wildman–Crippen MR) is 120 cm³/mol. The number of ether oxygens (including phenoxy) is 3. The summed E-state index contributed by atoms with van der Waals surface area (Å²) in [6.45, 7) is 0.576. The van der Waals surface area contributed by atoms with Crippen LogP contribution >= 0.6 is 11.3 Å². The molecule has 2 aliphatic rings. The number of hydrogen-bond acceptors (Lipinski definition) is 6. The molecular weight excluding hydrogens is 426 g/mol. The number of fused-ring (bicyclic) bond motifs is 2. The van der Waals surface area contributed by atoms with Crippen molar-refractivity contribution in [3.05, 3.63) is 81.0 Å². The smallest absolute Gasteiger partial charge is 0.339 e. The van der Waals surface area contributed by atoms with Crippen molar-refractivity contribution >= 4 is 23.2 Å². The summed E-state index contributed by atoms with van der Waals surface area (Å²) in [6.07, 6.45) is 0.277. The maximum atomic E-state index is 13.5. The van der Waals surface area contributed by atoms with E-state index in [0.717, 1.165) is 21.6 Å². The SMILES string of the molecule is COc1cc2c(cc1OC)[C@@H](c1cccs1)N(C(=O)C[C@H]1OC(=O)c3ccccc31)CC2. The van der Waals surface area contributed by atoms with E-state index in [1.807, 2.05) is 46.7 Å². The summed E-state index contributed by atoms with van der Waals surface area (Å²) >= 11 is 1.62. The lowest BCUT2D eigenvalue weighted by Gasteiger charge is -2.38. The second kappa shape index (κ2) is 8.31. The average molecular weight is 450 g/mol. The third-order valence-electron chi connectivity index (χ3n) is 6.14. The number of amides is 1. The number of methoxy groups -OCH3 is 2. The second-order valence-electron chi connectivity index (χ2n) is 7.85. The molecule has 0 unspecified atom stereocenters. The van der Waals surface area contributed by atoms with Crippen molar-refractivity contribution in [2.24, 2.45) is 0 Å². The van der Waals surface area contributed by atoms with Crippen LogP contribution in [0.4, 0.5) is 0 Å². The van der Waals surface area contributed by atoms with Crippen LogP contribution < -0.4 is 9.47 Å². The van der Waals surface area contributed by atoms with Gasteiger partial charge in [-0.1, -0.05) is 24.3 Å². The Morgan fingerprint density at radius 3 is 2.62 bits per heavy atom. The van der Waals surface area contributed by atoms with Crippen LogP contribution in [0.15, 0.2) is 53.9 Å². The molecule has 2 aromatic carbocycles. The predicted octanol–water partition coefficient (Wildman–Crippen LogP) is 4.54. The third kappa shape index (κ3) is 3.42. The summed E-state index contributed by atoms with van der Waals surface area (Å²) in [5, 5.41) is 2.02. The Morgan fingerprint density at radius 2 is 1.88 bits per heavy atom. The van der Waals surface area contributed by atoms with E-state index in [0.29, 0.717) is 30.0 Å². The average Bonchev–Trinajstić information content (AvgIpc) is 3.46. The van der Waals surface area contributed by atoms with Crippen LogP contribution in [0.1, 0.15) is 50.5 Å². The molecule has 3 aromatic rings. The zero-order chi connectivity index (χ0) is 22.2. The summed E-state index contributed by atoms with van der Waals surface area (Å²) in [7, 11) is 3.24. The molecule has 32 heavy (non-hydrogen) atoms. The Kier molecular flexibility index (Phi) is 5.35. The van der Waals surface area contributed by atoms with Crippen molar-refractivity contribution < 1.29 is 23.8 Å². The van der Waals surface area contributed by atoms with Gasteiger partial charge in [-0.25, -0.2) is 4.79 Å². The number of carbonyl (C=O) groups excluding carboxylic acids is 2. The molecule has 0 N–H and O–H groups in total. The number of hydrogen-bond donors (Lipinski definition) is 0. The summed E-state index contributed by atoms with van der Waals surface area (Å²) in [6, 6.07) is 15.1. The van der Waals surface area contributed by atoms with Gasteiger partial charge in [-0.3, -0.25) is 4.79 Å². The van der Waals surface area contributed by atoms with Gasteiger partial charge < -0.3 is 19.1 Å². The Hall–Kier alpha value is -3.32. The Morgan fingerprint density at radius 1 is 1.09 bits per heavy atom. The molecule has 0 bridgehead atoms. The molecule has 1 aromatic heterocycles. The zero-order valence-electron chi connectivity index (χ0n) is 17.9. The topological polar surface area (TPSA) is 65.1 Å². The van der Waals surface area contributed by atoms with E-state index >= 15 is 0 Å². The van der Waals surface area contributed by atoms with Gasteiger partial charge >= 0.3 is 5.97 Å². The molecule has 0 fully saturated rings. The molecule has 0 spiro atoms. The van der Waals surface area contributed by atoms with E-state index in [2.05, 4.69) is 0 Å². The monoisotopic (exact) mass is 449 g/mol. The molecule has 5 rings (SSSR count). The molecule has 3 heterocycles. The first-order valence-electron chi connectivity index (χ1n) is 10.5. The first-order chi connectivity index (χ1) is 15.6. The fourth-order valence-corrected chi connectivity index (χ4v) is 5.47. The Labute approximate surface area is 190 Å². The van der Waals surface area contributed by atoms with Gasteiger partial charge in [0.15, 0.2) is 11.5 Å². The highest BCUT2D eigenvalue weighted by atomic mass is 32.1. The summed E-state index contributed by atoms with van der Waals surface area (Å²) in [5.41, 5.74) is 3.50. The van der Waals surface area contributed by atoms with Gasteiger partial charge in [0.25, 0.3) is 0 Å². The maximum absolute atomic E-state index is 13.5. The lowest BCUT2D eigenvalue weighted by molar-refractivity contribution is -0.135. The van der Waals surface area contributed by atoms with Crippen LogP contribution in [0, 0.1) is 0 Å². The molecule has 164 valence electrons. The number of cyclic esters (lactones) is 1. The van der Waals surface area contributed by atoms with Gasteiger partial charge in [-0.05, 0) is 47.2 Å². The molecule has 1 amide bonds. The van der Waals surface area contributed by atoms with Gasteiger partial charge in [-0.2, -0.15) is 0 Å². The van der Waals surface area contributed by atoms with E-state index in [4.69, 9.17) is 14.2 Å². The van der Waals surface area contributed by atoms with Gasteiger partial charge in [0.05, 0.1) is 32.2 Å². The minimum atomic E-state index is -0.554. The third-order valence-corrected chi connectivity index (χ3v) is 7.07. The molecule has 6 nitrogen and oxygen atoms in total. The maximum Gasteiger partial charge on any atom is 0.339 e. The number of nitrogens with zero attached hydrogens (tertiary/aromatic N) is 1. The molecule has 0 aliphatic carbocycles. The van der Waals surface area contributed by atoms with Gasteiger partial charge in [0.1, 0.15) is 6.10 Å². The number of carbonyl (C=O) groups is 2. The molecule has 2 aliphatic heterocycles. The quantitative estimate of drug-likeness (QED) is 0.535. The van der Waals surface area contributed by atoms with Crippen LogP contribution in [-0.2, 0) is 16.0 Å². The summed E-state index contributed by atoms with van der Waals surface area (Å²) in [5.74, 6) is 0.915. The first kappa shape index (κ1) is 20.6. The minimum Gasteiger partial charge on any atom is -0.493 e. The van der Waals surface area contributed by atoms with E-state index in [9.17, 15) is 9.59 Å². The highest BCUT2D eigenvalue weighted by molar-refractivity contribution is 7.10. The summed E-state index contributed by atoms with van der Waals surface area (Å²) < 4.78 is 16.6. The van der Waals surface area contributed by atoms with Crippen molar-refractivity contribution in [1.82, 2.24) is 4.90 Å². The number of esters is 1. The highest BCUT2D eigenvalue weighted by Crippen LogP contribution is 2.43. The first-order valence-corrected chi connectivity index (χ1v) is 11.4. The summed E-state index contributed by atoms with van der Waals surface area (Å²) in [4.78, 5) is 28.7. The fraction of sp³-hybridized carbons (Fsp3) is 0.280. The lowest BCUT2D eigenvalue weighted by atomic mass is 9.90. The van der Waals surface area contributed by atoms with Crippen molar-refractivity contribution in [2.75, 3.05) is 20.8 Å². The van der Waals surface area contributed by atoms with Crippen molar-refractivity contribution in [1.29, 1.82) is 0 Å². The number of thiophene rings is 1. The molecule has 0 saturated heterocycles. The highest BCUT2D eigenvalue weighted by Gasteiger charge is 2.38. The van der Waals surface area contributed by atoms with E-state index in [1.165, 1.54) is 0 Å². The fourth-order valence-electron chi connectivity index (χ4n) is 4.62. The zero-order valence-corrected chi connectivity index (χ0v) is 18.7. The molecule has 2 atom stereocenters. The standard InChI is InChI=1S/C25H23NO5S/c1-29-20-12-15-9-10-26(24(22-8-5-11-32-22)18(15)13-21(20)30-2)23(27)14-19-16-6-3-4-7-17(16)25(28)31-19/h3-8,11-13,19,24H,9-10,14H2,1-2H3/t19-,24+/m1/s1. The Balaban J connectivity index is 1.49. The lowest BCUT2D eigenvalue weighted by Crippen LogP contribution is -2.40. The van der Waals surface area contributed by atoms with Gasteiger partial charge in [-0.15, -0.1) is 11.3 Å². The van der Waals surface area contributed by atoms with Crippen molar-refractivity contribution in [2.45, 2.75) is 25.0 Å². The molecular formula is C25H23NO5S. The van der Waals surface area contributed by atoms with E-state index in [-0.39, 0.29) is 24.3 Å². The second-order valence-corrected chi connectivity index (χ2v) is 8.83. The molecule has 0 radical (unpaired) electrons. The Bertz CT molecular complexity index is 1170. The van der Waals surface area contributed by atoms with Crippen LogP contribution in [-0.4, -0.2) is 37.5 Å². The molecule has 7 heteroatoms. The van der Waals surface area contributed by atoms with E-state index in [1.54, 1.807) is 37.7 Å². The van der Waals surface area contributed by atoms with Gasteiger partial charge in [0, 0.05) is 17.0 Å². The largest absolute Gasteiger partial charge is 0.493 e. The van der Waals surface area contributed by atoms with Crippen LogP contribution in [0.25, 0.3) is 0 Å². The van der Waals surface area contributed by atoms with Gasteiger partial charge in [0.2, 0.25) is 5.91 Å². The van der Waals surface area contributed by atoms with E-state index < -0.39 is 6.10 Å². The van der Waals surface area contributed by atoms with Crippen molar-refractivity contribution in [3.8, 4) is 11.5 Å². The molecule has 0 saturated carbocycles.